The molecule has 1 aromatic carbocycles. The largest absolute Gasteiger partial charge is 0.481 e. The van der Waals surface area contributed by atoms with Crippen molar-refractivity contribution in [2.45, 2.75) is 57.3 Å². The highest BCUT2D eigenvalue weighted by molar-refractivity contribution is 9.10. The molecular formula is C16H19BBrF3O4. The summed E-state index contributed by atoms with van der Waals surface area (Å²) in [7, 11) is -0.962. The molecule has 138 valence electrons. The van der Waals surface area contributed by atoms with Crippen molar-refractivity contribution in [1.82, 2.24) is 0 Å². The molecule has 0 bridgehead atoms. The van der Waals surface area contributed by atoms with Gasteiger partial charge in [-0.05, 0) is 51.5 Å². The summed E-state index contributed by atoms with van der Waals surface area (Å²) in [6, 6.07) is 3.36. The number of aliphatic carboxylic acids is 1. The third-order valence-corrected chi connectivity index (χ3v) is 5.13. The maximum absolute atomic E-state index is 13.1. The average molecular weight is 423 g/mol. The van der Waals surface area contributed by atoms with E-state index in [-0.39, 0.29) is 10.0 Å². The summed E-state index contributed by atoms with van der Waals surface area (Å²) in [6.07, 6.45) is -4.95. The normalized spacial score (nSPS) is 20.6. The van der Waals surface area contributed by atoms with Gasteiger partial charge < -0.3 is 14.4 Å². The number of carbonyl (C=O) groups is 1. The Morgan fingerprint density at radius 1 is 1.20 bits per heavy atom. The fourth-order valence-corrected chi connectivity index (χ4v) is 3.11. The van der Waals surface area contributed by atoms with E-state index in [1.54, 1.807) is 27.7 Å². The molecule has 0 spiro atoms. The highest BCUT2D eigenvalue weighted by Crippen LogP contribution is 2.43. The fourth-order valence-electron chi connectivity index (χ4n) is 2.60. The second-order valence-corrected chi connectivity index (χ2v) is 8.02. The zero-order valence-electron chi connectivity index (χ0n) is 14.3. The van der Waals surface area contributed by atoms with E-state index in [9.17, 15) is 23.1 Å². The van der Waals surface area contributed by atoms with Gasteiger partial charge in [-0.15, -0.1) is 0 Å². The lowest BCUT2D eigenvalue weighted by molar-refractivity contribution is -0.138. The second kappa shape index (κ2) is 6.59. The smallest absolute Gasteiger partial charge is 0.466 e. The van der Waals surface area contributed by atoms with Gasteiger partial charge in [0.15, 0.2) is 0 Å². The molecular weight excluding hydrogens is 404 g/mol. The van der Waals surface area contributed by atoms with Crippen LogP contribution in [0.2, 0.25) is 0 Å². The quantitative estimate of drug-likeness (QED) is 0.717. The molecule has 0 aromatic heterocycles. The first-order valence-electron chi connectivity index (χ1n) is 7.68. The molecule has 25 heavy (non-hydrogen) atoms. The van der Waals surface area contributed by atoms with Crippen molar-refractivity contribution in [3.63, 3.8) is 0 Å². The van der Waals surface area contributed by atoms with Crippen LogP contribution in [0.4, 0.5) is 13.2 Å². The van der Waals surface area contributed by atoms with Gasteiger partial charge in [0.05, 0.1) is 23.2 Å². The van der Waals surface area contributed by atoms with E-state index in [1.165, 1.54) is 6.07 Å². The summed E-state index contributed by atoms with van der Waals surface area (Å²) in [5, 5.41) is 9.22. The van der Waals surface area contributed by atoms with Crippen molar-refractivity contribution >= 4 is 29.0 Å². The summed E-state index contributed by atoms with van der Waals surface area (Å²) in [5.41, 5.74) is -2.09. The van der Waals surface area contributed by atoms with Gasteiger partial charge in [-0.1, -0.05) is 15.9 Å². The highest BCUT2D eigenvalue weighted by Gasteiger charge is 2.54. The topological polar surface area (TPSA) is 55.8 Å². The van der Waals surface area contributed by atoms with Crippen LogP contribution in [0.1, 0.15) is 51.1 Å². The van der Waals surface area contributed by atoms with Crippen LogP contribution in [0.3, 0.4) is 0 Å². The molecule has 2 rings (SSSR count). The third-order valence-electron chi connectivity index (χ3n) is 4.67. The van der Waals surface area contributed by atoms with Crippen LogP contribution in [-0.4, -0.2) is 29.4 Å². The molecule has 0 aliphatic carbocycles. The van der Waals surface area contributed by atoms with Gasteiger partial charge in [-0.25, -0.2) is 0 Å². The van der Waals surface area contributed by atoms with Gasteiger partial charge in [0, 0.05) is 10.3 Å². The maximum Gasteiger partial charge on any atom is 0.466 e. The van der Waals surface area contributed by atoms with Gasteiger partial charge in [0.1, 0.15) is 0 Å². The molecule has 1 aliphatic heterocycles. The molecule has 0 radical (unpaired) electrons. The van der Waals surface area contributed by atoms with Gasteiger partial charge in [-0.3, -0.25) is 4.79 Å². The Hall–Kier alpha value is -1.06. The summed E-state index contributed by atoms with van der Waals surface area (Å²) in [4.78, 5) is 11.3. The predicted molar refractivity (Wildman–Crippen MR) is 90.2 cm³/mol. The minimum Gasteiger partial charge on any atom is -0.481 e. The van der Waals surface area contributed by atoms with E-state index >= 15 is 0 Å². The van der Waals surface area contributed by atoms with Gasteiger partial charge in [0.2, 0.25) is 0 Å². The molecule has 1 heterocycles. The van der Waals surface area contributed by atoms with Gasteiger partial charge in [0.25, 0.3) is 0 Å². The Labute approximate surface area is 153 Å². The molecule has 1 fully saturated rings. The van der Waals surface area contributed by atoms with Crippen LogP contribution >= 0.6 is 15.9 Å². The molecule has 1 saturated heterocycles. The van der Waals surface area contributed by atoms with Crippen LogP contribution in [-0.2, 0) is 20.3 Å². The molecule has 1 unspecified atom stereocenters. The van der Waals surface area contributed by atoms with Crippen molar-refractivity contribution in [2.75, 3.05) is 0 Å². The highest BCUT2D eigenvalue weighted by atomic mass is 79.9. The standard InChI is InChI=1S/C16H19BBrF3O4/c1-14(2)15(3,4)25-17(24-14)12(8-13(22)23)9-5-10(16(19,20)21)7-11(18)6-9/h5-7,12H,8H2,1-4H3,(H,22,23). The molecule has 9 heteroatoms. The summed E-state index contributed by atoms with van der Waals surface area (Å²) < 4.78 is 51.2. The zero-order chi connectivity index (χ0) is 19.2. The Balaban J connectivity index is 2.46. The number of carboxylic acid groups (broad SMARTS) is 1. The number of hydrogen-bond acceptors (Lipinski definition) is 3. The Morgan fingerprint density at radius 3 is 2.16 bits per heavy atom. The number of hydrogen-bond donors (Lipinski definition) is 1. The first kappa shape index (κ1) is 20.3. The lowest BCUT2D eigenvalue weighted by Crippen LogP contribution is -2.41. The number of benzene rings is 1. The molecule has 0 amide bonds. The number of carboxylic acids is 1. The third kappa shape index (κ3) is 4.38. The van der Waals surface area contributed by atoms with E-state index in [0.717, 1.165) is 12.1 Å². The summed E-state index contributed by atoms with van der Waals surface area (Å²) in [6.45, 7) is 7.19. The van der Waals surface area contributed by atoms with Crippen LogP contribution in [0.25, 0.3) is 0 Å². The minimum atomic E-state index is -4.54. The maximum atomic E-state index is 13.1. The lowest BCUT2D eigenvalue weighted by atomic mass is 9.66. The van der Waals surface area contributed by atoms with Crippen molar-refractivity contribution in [3.8, 4) is 0 Å². The fraction of sp³-hybridized carbons (Fsp3) is 0.562. The first-order valence-corrected chi connectivity index (χ1v) is 8.47. The Bertz CT molecular complexity index is 660. The van der Waals surface area contributed by atoms with E-state index in [0.29, 0.717) is 0 Å². The first-order chi connectivity index (χ1) is 11.2. The molecule has 1 aliphatic rings. The van der Waals surface area contributed by atoms with Crippen molar-refractivity contribution in [3.05, 3.63) is 33.8 Å². The van der Waals surface area contributed by atoms with Gasteiger partial charge >= 0.3 is 19.3 Å². The molecule has 1 N–H and O–H groups in total. The number of rotatable bonds is 4. The van der Waals surface area contributed by atoms with E-state index in [2.05, 4.69) is 15.9 Å². The van der Waals surface area contributed by atoms with Crippen LogP contribution in [0.15, 0.2) is 22.7 Å². The molecule has 4 nitrogen and oxygen atoms in total. The lowest BCUT2D eigenvalue weighted by Gasteiger charge is -2.32. The van der Waals surface area contributed by atoms with Gasteiger partial charge in [-0.2, -0.15) is 13.2 Å². The van der Waals surface area contributed by atoms with E-state index in [4.69, 9.17) is 9.31 Å². The average Bonchev–Trinajstić information content (AvgIpc) is 2.62. The van der Waals surface area contributed by atoms with E-state index in [1.807, 2.05) is 0 Å². The summed E-state index contributed by atoms with van der Waals surface area (Å²) >= 11 is 3.06. The monoisotopic (exact) mass is 422 g/mol. The number of halogens is 4. The zero-order valence-corrected chi connectivity index (χ0v) is 15.9. The minimum absolute atomic E-state index is 0.197. The SMILES string of the molecule is CC1(C)OB(C(CC(=O)O)c2cc(Br)cc(C(F)(F)F)c2)OC1(C)C. The van der Waals surface area contributed by atoms with Crippen molar-refractivity contribution < 1.29 is 32.4 Å². The van der Waals surface area contributed by atoms with Crippen molar-refractivity contribution in [1.29, 1.82) is 0 Å². The second-order valence-electron chi connectivity index (χ2n) is 7.10. The van der Waals surface area contributed by atoms with E-state index < -0.39 is 48.3 Å². The van der Waals surface area contributed by atoms with Crippen molar-refractivity contribution in [2.24, 2.45) is 0 Å². The van der Waals surface area contributed by atoms with Crippen LogP contribution < -0.4 is 0 Å². The Kier molecular flexibility index (Phi) is 5.34. The van der Waals surface area contributed by atoms with Crippen LogP contribution in [0, 0.1) is 0 Å². The molecule has 1 aromatic rings. The van der Waals surface area contributed by atoms with Crippen LogP contribution in [0.5, 0.6) is 0 Å². The summed E-state index contributed by atoms with van der Waals surface area (Å²) in [5.74, 6) is -2.02. The predicted octanol–water partition coefficient (Wildman–Crippen LogP) is 4.66. The molecule has 0 saturated carbocycles. The Morgan fingerprint density at radius 2 is 1.72 bits per heavy atom. The number of alkyl halides is 3. The molecule has 1 atom stereocenters.